The molecule has 0 saturated carbocycles. The van der Waals surface area contributed by atoms with Gasteiger partial charge in [-0.3, -0.25) is 0 Å². The van der Waals surface area contributed by atoms with E-state index in [1.807, 2.05) is 18.2 Å². The van der Waals surface area contributed by atoms with Gasteiger partial charge in [0.25, 0.3) is 0 Å². The summed E-state index contributed by atoms with van der Waals surface area (Å²) in [5.41, 5.74) is 2.57. The molecule has 81 valence electrons. The van der Waals surface area contributed by atoms with Crippen LogP contribution < -0.4 is 4.90 Å². The molecule has 1 nitrogen and oxygen atoms in total. The molecular weight excluding hydrogens is 194 g/mol. The van der Waals surface area contributed by atoms with Crippen LogP contribution in [0, 0.1) is 6.07 Å². The number of nitrogens with zero attached hydrogens (tertiary/aromatic N) is 1. The summed E-state index contributed by atoms with van der Waals surface area (Å²) in [4.78, 5) is 2.34. The second-order valence-corrected chi connectivity index (χ2v) is 3.76. The van der Waals surface area contributed by atoms with Gasteiger partial charge in [0.2, 0.25) is 0 Å². The lowest BCUT2D eigenvalue weighted by Crippen LogP contribution is -2.21. The third kappa shape index (κ3) is 2.63. The molecule has 0 spiro atoms. The fraction of sp³-hybridized carbons (Fsp3) is 0.200. The number of hydrogen-bond donors (Lipinski definition) is 0. The first-order valence-electron chi connectivity index (χ1n) is 5.65. The zero-order valence-corrected chi connectivity index (χ0v) is 9.56. The summed E-state index contributed by atoms with van der Waals surface area (Å²) in [6.07, 6.45) is 0. The summed E-state index contributed by atoms with van der Waals surface area (Å²) in [6, 6.07) is 21.8. The average Bonchev–Trinajstić information content (AvgIpc) is 2.38. The quantitative estimate of drug-likeness (QED) is 0.746. The molecular formula is C15H16N. The van der Waals surface area contributed by atoms with Crippen LogP contribution in [0.25, 0.3) is 0 Å². The van der Waals surface area contributed by atoms with Crippen molar-refractivity contribution >= 4 is 5.69 Å². The lowest BCUT2D eigenvalue weighted by Gasteiger charge is -2.23. The van der Waals surface area contributed by atoms with Crippen LogP contribution in [-0.4, -0.2) is 6.54 Å². The Morgan fingerprint density at radius 1 is 1.06 bits per heavy atom. The first-order valence-corrected chi connectivity index (χ1v) is 5.65. The van der Waals surface area contributed by atoms with Crippen LogP contribution in [0.1, 0.15) is 12.5 Å². The summed E-state index contributed by atoms with van der Waals surface area (Å²) >= 11 is 0. The van der Waals surface area contributed by atoms with Gasteiger partial charge in [0.05, 0.1) is 0 Å². The van der Waals surface area contributed by atoms with Gasteiger partial charge in [-0.15, -0.1) is 0 Å². The van der Waals surface area contributed by atoms with Crippen LogP contribution in [0.4, 0.5) is 5.69 Å². The Morgan fingerprint density at radius 3 is 2.50 bits per heavy atom. The molecule has 1 heteroatoms. The molecule has 0 fully saturated rings. The van der Waals surface area contributed by atoms with Gasteiger partial charge in [0.1, 0.15) is 0 Å². The second kappa shape index (κ2) is 5.36. The third-order valence-corrected chi connectivity index (χ3v) is 2.65. The predicted molar refractivity (Wildman–Crippen MR) is 68.4 cm³/mol. The highest BCUT2D eigenvalue weighted by Gasteiger charge is 2.03. The van der Waals surface area contributed by atoms with Crippen molar-refractivity contribution in [2.24, 2.45) is 0 Å². The van der Waals surface area contributed by atoms with Crippen molar-refractivity contribution in [2.45, 2.75) is 13.5 Å². The number of anilines is 1. The first-order chi connectivity index (χ1) is 7.90. The number of benzene rings is 2. The minimum atomic E-state index is 0.954. The van der Waals surface area contributed by atoms with E-state index in [-0.39, 0.29) is 0 Å². The third-order valence-electron chi connectivity index (χ3n) is 2.65. The van der Waals surface area contributed by atoms with Crippen molar-refractivity contribution in [3.05, 3.63) is 66.2 Å². The molecule has 16 heavy (non-hydrogen) atoms. The van der Waals surface area contributed by atoms with E-state index in [2.05, 4.69) is 54.3 Å². The van der Waals surface area contributed by atoms with E-state index in [9.17, 15) is 0 Å². The van der Waals surface area contributed by atoms with Gasteiger partial charge in [-0.05, 0) is 30.7 Å². The lowest BCUT2D eigenvalue weighted by atomic mass is 10.2. The standard InChI is InChI=1S/C15H16N/c1-2-16(15-11-7-4-8-12-15)13-14-9-5-3-6-10-14/h3-7,9-12H,2,13H2,1H3. The van der Waals surface area contributed by atoms with Gasteiger partial charge in [-0.2, -0.15) is 0 Å². The van der Waals surface area contributed by atoms with Crippen molar-refractivity contribution < 1.29 is 0 Å². The van der Waals surface area contributed by atoms with Gasteiger partial charge in [-0.1, -0.05) is 42.5 Å². The lowest BCUT2D eigenvalue weighted by molar-refractivity contribution is 0.832. The summed E-state index contributed by atoms with van der Waals surface area (Å²) in [5.74, 6) is 0. The normalized spacial score (nSPS) is 10.1. The summed E-state index contributed by atoms with van der Waals surface area (Å²) in [6.45, 7) is 4.14. The van der Waals surface area contributed by atoms with E-state index < -0.39 is 0 Å². The summed E-state index contributed by atoms with van der Waals surface area (Å²) < 4.78 is 0. The Morgan fingerprint density at radius 2 is 1.88 bits per heavy atom. The fourth-order valence-corrected chi connectivity index (χ4v) is 1.77. The SMILES string of the molecule is CCN(Cc1ccccc1)c1c[c]ccc1. The molecule has 2 rings (SSSR count). The molecule has 0 aliphatic carbocycles. The molecule has 0 bridgehead atoms. The highest BCUT2D eigenvalue weighted by atomic mass is 15.1. The molecule has 0 aliphatic rings. The van der Waals surface area contributed by atoms with Crippen LogP contribution in [0.2, 0.25) is 0 Å². The monoisotopic (exact) mass is 210 g/mol. The van der Waals surface area contributed by atoms with Crippen molar-refractivity contribution in [2.75, 3.05) is 11.4 Å². The van der Waals surface area contributed by atoms with E-state index in [0.717, 1.165) is 13.1 Å². The van der Waals surface area contributed by atoms with Crippen LogP contribution in [0.5, 0.6) is 0 Å². The van der Waals surface area contributed by atoms with Gasteiger partial charge in [0.15, 0.2) is 0 Å². The predicted octanol–water partition coefficient (Wildman–Crippen LogP) is 3.51. The topological polar surface area (TPSA) is 3.24 Å². The zero-order chi connectivity index (χ0) is 11.2. The average molecular weight is 210 g/mol. The Labute approximate surface area is 97.3 Å². The summed E-state index contributed by atoms with van der Waals surface area (Å²) in [5, 5.41) is 0. The fourth-order valence-electron chi connectivity index (χ4n) is 1.77. The minimum absolute atomic E-state index is 0.954. The van der Waals surface area contributed by atoms with E-state index in [4.69, 9.17) is 0 Å². The maximum Gasteiger partial charge on any atom is 0.0429 e. The second-order valence-electron chi connectivity index (χ2n) is 3.76. The minimum Gasteiger partial charge on any atom is -0.367 e. The van der Waals surface area contributed by atoms with Crippen LogP contribution >= 0.6 is 0 Å². The van der Waals surface area contributed by atoms with Crippen molar-refractivity contribution in [1.29, 1.82) is 0 Å². The molecule has 0 saturated heterocycles. The van der Waals surface area contributed by atoms with Crippen LogP contribution in [-0.2, 0) is 6.54 Å². The smallest absolute Gasteiger partial charge is 0.0429 e. The van der Waals surface area contributed by atoms with Crippen molar-refractivity contribution in [3.63, 3.8) is 0 Å². The molecule has 0 N–H and O–H groups in total. The molecule has 0 heterocycles. The zero-order valence-electron chi connectivity index (χ0n) is 9.56. The molecule has 0 amide bonds. The molecule has 2 aromatic rings. The molecule has 1 radical (unpaired) electrons. The maximum atomic E-state index is 3.12. The first kappa shape index (κ1) is 10.7. The Bertz CT molecular complexity index is 408. The van der Waals surface area contributed by atoms with Crippen LogP contribution in [0.15, 0.2) is 54.6 Å². The van der Waals surface area contributed by atoms with Gasteiger partial charge >= 0.3 is 0 Å². The highest BCUT2D eigenvalue weighted by molar-refractivity contribution is 5.46. The Balaban J connectivity index is 2.13. The Kier molecular flexibility index (Phi) is 3.60. The van der Waals surface area contributed by atoms with Gasteiger partial charge < -0.3 is 4.90 Å². The van der Waals surface area contributed by atoms with E-state index in [0.29, 0.717) is 0 Å². The van der Waals surface area contributed by atoms with E-state index in [1.54, 1.807) is 0 Å². The molecule has 0 aromatic heterocycles. The van der Waals surface area contributed by atoms with E-state index >= 15 is 0 Å². The molecule has 2 aromatic carbocycles. The van der Waals surface area contributed by atoms with Gasteiger partial charge in [-0.25, -0.2) is 0 Å². The highest BCUT2D eigenvalue weighted by Crippen LogP contribution is 2.15. The Hall–Kier alpha value is -1.76. The van der Waals surface area contributed by atoms with Crippen molar-refractivity contribution in [3.8, 4) is 0 Å². The largest absolute Gasteiger partial charge is 0.367 e. The van der Waals surface area contributed by atoms with E-state index in [1.165, 1.54) is 11.3 Å². The number of rotatable bonds is 4. The van der Waals surface area contributed by atoms with Gasteiger partial charge in [0, 0.05) is 18.8 Å². The van der Waals surface area contributed by atoms with Crippen molar-refractivity contribution in [1.82, 2.24) is 0 Å². The molecule has 0 unspecified atom stereocenters. The maximum absolute atomic E-state index is 3.12. The number of hydrogen-bond acceptors (Lipinski definition) is 1. The summed E-state index contributed by atoms with van der Waals surface area (Å²) in [7, 11) is 0. The van der Waals surface area contributed by atoms with Crippen LogP contribution in [0.3, 0.4) is 0 Å². The molecule has 0 atom stereocenters. The molecule has 0 aliphatic heterocycles.